The normalized spacial score (nSPS) is 19.2. The van der Waals surface area contributed by atoms with Crippen LogP contribution in [0.25, 0.3) is 0 Å². The molecular formula is C22H35N3O3. The van der Waals surface area contributed by atoms with E-state index in [4.69, 9.17) is 9.47 Å². The topological polar surface area (TPSA) is 45.3 Å². The van der Waals surface area contributed by atoms with E-state index < -0.39 is 0 Å². The molecule has 0 aliphatic carbocycles. The lowest BCUT2D eigenvalue weighted by molar-refractivity contribution is -0.132. The Bertz CT molecular complexity index is 577. The summed E-state index contributed by atoms with van der Waals surface area (Å²) in [7, 11) is 1.67. The van der Waals surface area contributed by atoms with Crippen LogP contribution in [0.2, 0.25) is 0 Å². The number of hydrogen-bond acceptors (Lipinski definition) is 5. The summed E-state index contributed by atoms with van der Waals surface area (Å²) in [6, 6.07) is 7.72. The zero-order valence-corrected chi connectivity index (χ0v) is 17.3. The summed E-state index contributed by atoms with van der Waals surface area (Å²) < 4.78 is 11.0. The second kappa shape index (κ2) is 11.3. The van der Waals surface area contributed by atoms with Crippen LogP contribution in [0.15, 0.2) is 24.3 Å². The maximum atomic E-state index is 12.5. The van der Waals surface area contributed by atoms with E-state index in [1.54, 1.807) is 7.11 Å². The van der Waals surface area contributed by atoms with Crippen molar-refractivity contribution in [3.05, 3.63) is 24.3 Å². The molecule has 0 bridgehead atoms. The zero-order chi connectivity index (χ0) is 19.6. The number of carbonyl (C=O) groups excluding carboxylic acids is 1. The van der Waals surface area contributed by atoms with Gasteiger partial charge in [-0.15, -0.1) is 0 Å². The summed E-state index contributed by atoms with van der Waals surface area (Å²) in [6.07, 6.45) is 5.88. The molecule has 2 aliphatic heterocycles. The lowest BCUT2D eigenvalue weighted by atomic mass is 10.2. The van der Waals surface area contributed by atoms with Gasteiger partial charge in [-0.2, -0.15) is 0 Å². The van der Waals surface area contributed by atoms with Crippen molar-refractivity contribution in [3.63, 3.8) is 0 Å². The number of benzene rings is 1. The van der Waals surface area contributed by atoms with E-state index in [-0.39, 0.29) is 0 Å². The van der Waals surface area contributed by atoms with E-state index in [1.807, 2.05) is 24.3 Å². The lowest BCUT2D eigenvalue weighted by Crippen LogP contribution is -2.50. The quantitative estimate of drug-likeness (QED) is 0.639. The number of ether oxygens (including phenoxy) is 2. The maximum Gasteiger partial charge on any atom is 0.236 e. The molecule has 2 aliphatic rings. The monoisotopic (exact) mass is 389 g/mol. The Balaban J connectivity index is 1.28. The van der Waals surface area contributed by atoms with Crippen LogP contribution in [-0.4, -0.2) is 86.7 Å². The first-order valence-electron chi connectivity index (χ1n) is 10.7. The van der Waals surface area contributed by atoms with E-state index in [0.29, 0.717) is 12.5 Å². The molecule has 0 aromatic heterocycles. The molecule has 156 valence electrons. The summed E-state index contributed by atoms with van der Waals surface area (Å²) in [5.41, 5.74) is 0. The van der Waals surface area contributed by atoms with Crippen LogP contribution in [0.1, 0.15) is 32.1 Å². The van der Waals surface area contributed by atoms with E-state index in [2.05, 4.69) is 14.7 Å². The van der Waals surface area contributed by atoms with Crippen LogP contribution in [0, 0.1) is 0 Å². The van der Waals surface area contributed by atoms with Gasteiger partial charge in [0.1, 0.15) is 11.5 Å². The molecule has 0 radical (unpaired) electrons. The average molecular weight is 390 g/mol. The van der Waals surface area contributed by atoms with Gasteiger partial charge in [0, 0.05) is 45.8 Å². The molecule has 0 atom stereocenters. The average Bonchev–Trinajstić information content (AvgIpc) is 3.02. The van der Waals surface area contributed by atoms with Gasteiger partial charge in [0.15, 0.2) is 0 Å². The number of piperazine rings is 1. The van der Waals surface area contributed by atoms with Crippen molar-refractivity contribution in [2.24, 2.45) is 0 Å². The minimum atomic E-state index is 0.322. The molecule has 2 saturated heterocycles. The van der Waals surface area contributed by atoms with Crippen molar-refractivity contribution in [1.82, 2.24) is 14.7 Å². The number of rotatable bonds is 8. The molecule has 6 nitrogen and oxygen atoms in total. The molecule has 1 aromatic rings. The number of carbonyl (C=O) groups is 1. The fourth-order valence-electron chi connectivity index (χ4n) is 3.93. The van der Waals surface area contributed by atoms with Gasteiger partial charge in [0.05, 0.1) is 20.3 Å². The number of hydrogen-bond donors (Lipinski definition) is 0. The van der Waals surface area contributed by atoms with Gasteiger partial charge in [-0.1, -0.05) is 12.8 Å². The minimum Gasteiger partial charge on any atom is -0.497 e. The first kappa shape index (κ1) is 20.9. The van der Waals surface area contributed by atoms with Crippen LogP contribution in [0.3, 0.4) is 0 Å². The van der Waals surface area contributed by atoms with Crippen LogP contribution in [-0.2, 0) is 4.79 Å². The predicted octanol–water partition coefficient (Wildman–Crippen LogP) is 2.48. The molecule has 3 rings (SSSR count). The standard InChI is InChI=1S/C22H35N3O3/c1-27-20-7-9-21(10-8-20)28-18-6-11-23-14-16-24(17-15-23)19-22(26)25-12-4-2-3-5-13-25/h7-10H,2-6,11-19H2,1H3. The Kier molecular flexibility index (Phi) is 8.42. The summed E-state index contributed by atoms with van der Waals surface area (Å²) in [5, 5.41) is 0. The maximum absolute atomic E-state index is 12.5. The van der Waals surface area contributed by atoms with Gasteiger partial charge in [0.2, 0.25) is 5.91 Å². The molecule has 0 unspecified atom stereocenters. The van der Waals surface area contributed by atoms with Crippen LogP contribution < -0.4 is 9.47 Å². The second-order valence-electron chi connectivity index (χ2n) is 7.79. The van der Waals surface area contributed by atoms with Crippen LogP contribution >= 0.6 is 0 Å². The molecular weight excluding hydrogens is 354 g/mol. The molecule has 1 aromatic carbocycles. The number of nitrogens with zero attached hydrogens (tertiary/aromatic N) is 3. The minimum absolute atomic E-state index is 0.322. The van der Waals surface area contributed by atoms with E-state index in [9.17, 15) is 4.79 Å². The molecule has 28 heavy (non-hydrogen) atoms. The van der Waals surface area contributed by atoms with Crippen molar-refractivity contribution in [3.8, 4) is 11.5 Å². The number of likely N-dealkylation sites (tertiary alicyclic amines) is 1. The van der Waals surface area contributed by atoms with E-state index in [1.165, 1.54) is 12.8 Å². The number of amides is 1. The van der Waals surface area contributed by atoms with Gasteiger partial charge in [-0.05, 0) is 43.5 Å². The first-order chi connectivity index (χ1) is 13.7. The predicted molar refractivity (Wildman–Crippen MR) is 111 cm³/mol. The van der Waals surface area contributed by atoms with Gasteiger partial charge in [0.25, 0.3) is 0 Å². The molecule has 2 heterocycles. The zero-order valence-electron chi connectivity index (χ0n) is 17.3. The molecule has 0 N–H and O–H groups in total. The third-order valence-corrected chi connectivity index (χ3v) is 5.73. The van der Waals surface area contributed by atoms with Crippen molar-refractivity contribution in [1.29, 1.82) is 0 Å². The Labute approximate surface area is 169 Å². The fraction of sp³-hybridized carbons (Fsp3) is 0.682. The third-order valence-electron chi connectivity index (χ3n) is 5.73. The van der Waals surface area contributed by atoms with Crippen LogP contribution in [0.5, 0.6) is 11.5 Å². The van der Waals surface area contributed by atoms with Crippen molar-refractivity contribution >= 4 is 5.91 Å². The summed E-state index contributed by atoms with van der Waals surface area (Å²) >= 11 is 0. The van der Waals surface area contributed by atoms with Crippen LogP contribution in [0.4, 0.5) is 0 Å². The molecule has 1 amide bonds. The highest BCUT2D eigenvalue weighted by Gasteiger charge is 2.22. The van der Waals surface area contributed by atoms with Crippen molar-refractivity contribution in [2.45, 2.75) is 32.1 Å². The third kappa shape index (κ3) is 6.67. The highest BCUT2D eigenvalue weighted by atomic mass is 16.5. The largest absolute Gasteiger partial charge is 0.497 e. The van der Waals surface area contributed by atoms with Gasteiger partial charge in [-0.25, -0.2) is 0 Å². The number of methoxy groups -OCH3 is 1. The molecule has 6 heteroatoms. The van der Waals surface area contributed by atoms with Gasteiger partial charge in [-0.3, -0.25) is 9.69 Å². The highest BCUT2D eigenvalue weighted by Crippen LogP contribution is 2.17. The molecule has 2 fully saturated rings. The summed E-state index contributed by atoms with van der Waals surface area (Å²) in [5.74, 6) is 2.06. The Morgan fingerprint density at radius 1 is 0.857 bits per heavy atom. The summed E-state index contributed by atoms with van der Waals surface area (Å²) in [4.78, 5) is 19.4. The van der Waals surface area contributed by atoms with E-state index in [0.717, 1.165) is 83.2 Å². The smallest absolute Gasteiger partial charge is 0.236 e. The van der Waals surface area contributed by atoms with Crippen molar-refractivity contribution < 1.29 is 14.3 Å². The molecule has 0 saturated carbocycles. The highest BCUT2D eigenvalue weighted by molar-refractivity contribution is 5.78. The molecule has 0 spiro atoms. The van der Waals surface area contributed by atoms with E-state index >= 15 is 0 Å². The summed E-state index contributed by atoms with van der Waals surface area (Å²) in [6.45, 7) is 8.31. The van der Waals surface area contributed by atoms with Crippen molar-refractivity contribution in [2.75, 3.05) is 66.1 Å². The Morgan fingerprint density at radius 2 is 1.46 bits per heavy atom. The second-order valence-corrected chi connectivity index (χ2v) is 7.79. The Morgan fingerprint density at radius 3 is 2.11 bits per heavy atom. The first-order valence-corrected chi connectivity index (χ1v) is 10.7. The SMILES string of the molecule is COc1ccc(OCCCN2CCN(CC(=O)N3CCCCCC3)CC2)cc1. The van der Waals surface area contributed by atoms with Gasteiger partial charge < -0.3 is 19.3 Å². The Hall–Kier alpha value is -1.79. The fourth-order valence-corrected chi connectivity index (χ4v) is 3.93. The van der Waals surface area contributed by atoms with Gasteiger partial charge >= 0.3 is 0 Å². The lowest BCUT2D eigenvalue weighted by Gasteiger charge is -2.35.